The van der Waals surface area contributed by atoms with E-state index >= 15 is 0 Å². The van der Waals surface area contributed by atoms with Gasteiger partial charge in [-0.2, -0.15) is 11.8 Å². The van der Waals surface area contributed by atoms with E-state index < -0.39 is 0 Å². The van der Waals surface area contributed by atoms with Gasteiger partial charge in [0.25, 0.3) is 0 Å². The zero-order valence-electron chi connectivity index (χ0n) is 16.3. The maximum Gasteiger partial charge on any atom is 0.226 e. The Morgan fingerprint density at radius 3 is 2.52 bits per heavy atom. The number of unbranched alkanes of at least 4 members (excludes halogenated alkanes) is 1. The average Bonchev–Trinajstić information content (AvgIpc) is 3.04. The molecular formula is C21H38N2OS. The molecule has 1 atom stereocenters. The predicted molar refractivity (Wildman–Crippen MR) is 108 cm³/mol. The van der Waals surface area contributed by atoms with Gasteiger partial charge in [0.1, 0.15) is 0 Å². The largest absolute Gasteiger partial charge is 0.337 e. The highest BCUT2D eigenvalue weighted by Crippen LogP contribution is 2.34. The summed E-state index contributed by atoms with van der Waals surface area (Å²) in [6.07, 6.45) is 12.8. The number of hydrogen-bond donors (Lipinski definition) is 0. The van der Waals surface area contributed by atoms with Crippen molar-refractivity contribution >= 4 is 17.7 Å². The van der Waals surface area contributed by atoms with Crippen LogP contribution in [0.5, 0.6) is 0 Å². The summed E-state index contributed by atoms with van der Waals surface area (Å²) >= 11 is 2.06. The molecule has 2 heterocycles. The molecule has 144 valence electrons. The summed E-state index contributed by atoms with van der Waals surface area (Å²) in [5.41, 5.74) is 0. The number of thioether (sulfide) groups is 1. The van der Waals surface area contributed by atoms with Crippen molar-refractivity contribution in [3.05, 3.63) is 0 Å². The standard InChI is InChI=1S/C21H38N2OS/c1-2-3-7-18-8-10-19(11-9-18)21(24)23-14-6-15-25-17-20(23)16-22-12-4-5-13-22/h18-20H,2-17H2,1H3. The number of likely N-dealkylation sites (tertiary alicyclic amines) is 1. The number of nitrogens with zero attached hydrogens (tertiary/aromatic N) is 2. The lowest BCUT2D eigenvalue weighted by Crippen LogP contribution is -2.50. The first-order valence-corrected chi connectivity index (χ1v) is 12.0. The topological polar surface area (TPSA) is 23.6 Å². The van der Waals surface area contributed by atoms with Gasteiger partial charge in [0.05, 0.1) is 6.04 Å². The average molecular weight is 367 g/mol. The fourth-order valence-corrected chi connectivity index (χ4v) is 6.02. The first kappa shape index (κ1) is 19.5. The molecule has 3 nitrogen and oxygen atoms in total. The van der Waals surface area contributed by atoms with E-state index in [0.717, 1.165) is 37.6 Å². The van der Waals surface area contributed by atoms with Crippen molar-refractivity contribution in [3.63, 3.8) is 0 Å². The second-order valence-corrected chi connectivity index (χ2v) is 9.63. The Labute approximate surface area is 159 Å². The van der Waals surface area contributed by atoms with Crippen LogP contribution in [0, 0.1) is 11.8 Å². The Hall–Kier alpha value is -0.220. The van der Waals surface area contributed by atoms with Gasteiger partial charge in [0, 0.05) is 24.8 Å². The summed E-state index contributed by atoms with van der Waals surface area (Å²) in [7, 11) is 0. The number of hydrogen-bond acceptors (Lipinski definition) is 3. The minimum Gasteiger partial charge on any atom is -0.337 e. The Balaban J connectivity index is 1.54. The van der Waals surface area contributed by atoms with Crippen LogP contribution >= 0.6 is 11.8 Å². The fraction of sp³-hybridized carbons (Fsp3) is 0.952. The summed E-state index contributed by atoms with van der Waals surface area (Å²) in [4.78, 5) is 18.2. The smallest absolute Gasteiger partial charge is 0.226 e. The van der Waals surface area contributed by atoms with E-state index in [4.69, 9.17) is 0 Å². The Bertz CT molecular complexity index is 403. The molecule has 0 aromatic rings. The molecule has 3 aliphatic rings. The van der Waals surface area contributed by atoms with Crippen LogP contribution in [0.1, 0.15) is 71.1 Å². The van der Waals surface area contributed by atoms with Crippen LogP contribution in [0.3, 0.4) is 0 Å². The van der Waals surface area contributed by atoms with E-state index in [1.807, 2.05) is 0 Å². The molecule has 1 amide bonds. The van der Waals surface area contributed by atoms with Crippen LogP contribution in [0.15, 0.2) is 0 Å². The third kappa shape index (κ3) is 5.63. The zero-order valence-corrected chi connectivity index (χ0v) is 17.1. The third-order valence-corrected chi connectivity index (χ3v) is 7.75. The Morgan fingerprint density at radius 2 is 1.80 bits per heavy atom. The number of carbonyl (C=O) groups is 1. The van der Waals surface area contributed by atoms with Crippen molar-refractivity contribution in [1.82, 2.24) is 9.80 Å². The van der Waals surface area contributed by atoms with Crippen LogP contribution in [-0.4, -0.2) is 59.4 Å². The Kier molecular flexibility index (Phi) is 7.97. The first-order valence-electron chi connectivity index (χ1n) is 10.9. The Morgan fingerprint density at radius 1 is 1.04 bits per heavy atom. The van der Waals surface area contributed by atoms with Crippen LogP contribution in [0.2, 0.25) is 0 Å². The summed E-state index contributed by atoms with van der Waals surface area (Å²) in [6.45, 7) is 6.88. The molecule has 0 spiro atoms. The van der Waals surface area contributed by atoms with Gasteiger partial charge in [-0.25, -0.2) is 0 Å². The molecular weight excluding hydrogens is 328 g/mol. The summed E-state index contributed by atoms with van der Waals surface area (Å²) in [5, 5.41) is 0. The third-order valence-electron chi connectivity index (χ3n) is 6.55. The van der Waals surface area contributed by atoms with E-state index in [-0.39, 0.29) is 0 Å². The zero-order chi connectivity index (χ0) is 17.5. The van der Waals surface area contributed by atoms with Crippen LogP contribution in [0.4, 0.5) is 0 Å². The molecule has 2 aliphatic heterocycles. The van der Waals surface area contributed by atoms with E-state index in [2.05, 4.69) is 28.5 Å². The maximum absolute atomic E-state index is 13.3. The highest BCUT2D eigenvalue weighted by Gasteiger charge is 2.34. The van der Waals surface area contributed by atoms with Gasteiger partial charge in [-0.3, -0.25) is 4.79 Å². The quantitative estimate of drug-likeness (QED) is 0.695. The molecule has 0 aromatic carbocycles. The molecule has 3 rings (SSSR count). The SMILES string of the molecule is CCCCC1CCC(C(=O)N2CCCSCC2CN2CCCC2)CC1. The van der Waals surface area contributed by atoms with E-state index in [1.165, 1.54) is 70.2 Å². The van der Waals surface area contributed by atoms with Crippen molar-refractivity contribution in [3.8, 4) is 0 Å². The van der Waals surface area contributed by atoms with Crippen molar-refractivity contribution in [2.45, 2.75) is 77.2 Å². The van der Waals surface area contributed by atoms with Gasteiger partial charge in [-0.15, -0.1) is 0 Å². The normalized spacial score (nSPS) is 31.9. The van der Waals surface area contributed by atoms with Gasteiger partial charge in [0.15, 0.2) is 0 Å². The molecule has 0 N–H and O–H groups in total. The lowest BCUT2D eigenvalue weighted by atomic mass is 9.79. The lowest BCUT2D eigenvalue weighted by Gasteiger charge is -2.37. The summed E-state index contributed by atoms with van der Waals surface area (Å²) in [5.74, 6) is 4.09. The molecule has 4 heteroatoms. The number of carbonyl (C=O) groups excluding carboxylic acids is 1. The maximum atomic E-state index is 13.3. The monoisotopic (exact) mass is 366 g/mol. The van der Waals surface area contributed by atoms with Crippen LogP contribution in [-0.2, 0) is 4.79 Å². The van der Waals surface area contributed by atoms with E-state index in [1.54, 1.807) is 0 Å². The molecule has 0 aromatic heterocycles. The van der Waals surface area contributed by atoms with Gasteiger partial charge >= 0.3 is 0 Å². The molecule has 1 aliphatic carbocycles. The summed E-state index contributed by atoms with van der Waals surface area (Å²) in [6, 6.07) is 0.455. The summed E-state index contributed by atoms with van der Waals surface area (Å²) < 4.78 is 0. The molecule has 1 unspecified atom stereocenters. The van der Waals surface area contributed by atoms with Gasteiger partial charge < -0.3 is 9.80 Å². The van der Waals surface area contributed by atoms with Gasteiger partial charge in [-0.05, 0) is 69.7 Å². The first-order chi connectivity index (χ1) is 12.3. The molecule has 2 saturated heterocycles. The van der Waals surface area contributed by atoms with Gasteiger partial charge in [-0.1, -0.05) is 26.2 Å². The van der Waals surface area contributed by atoms with Crippen molar-refractivity contribution in [2.75, 3.05) is 37.7 Å². The number of rotatable bonds is 6. The molecule has 25 heavy (non-hydrogen) atoms. The van der Waals surface area contributed by atoms with Crippen LogP contribution in [0.25, 0.3) is 0 Å². The minimum atomic E-state index is 0.321. The minimum absolute atomic E-state index is 0.321. The number of amides is 1. The van der Waals surface area contributed by atoms with Gasteiger partial charge in [0.2, 0.25) is 5.91 Å². The molecule has 3 fully saturated rings. The van der Waals surface area contributed by atoms with Crippen LogP contribution < -0.4 is 0 Å². The van der Waals surface area contributed by atoms with Crippen molar-refractivity contribution in [1.29, 1.82) is 0 Å². The van der Waals surface area contributed by atoms with E-state index in [9.17, 15) is 4.79 Å². The van der Waals surface area contributed by atoms with E-state index in [0.29, 0.717) is 17.9 Å². The second kappa shape index (κ2) is 10.2. The molecule has 0 radical (unpaired) electrons. The fourth-order valence-electron chi connectivity index (χ4n) is 4.96. The predicted octanol–water partition coefficient (Wildman–Crippen LogP) is 4.41. The molecule has 0 bridgehead atoms. The molecule has 1 saturated carbocycles. The van der Waals surface area contributed by atoms with Crippen molar-refractivity contribution in [2.24, 2.45) is 11.8 Å². The highest BCUT2D eigenvalue weighted by molar-refractivity contribution is 7.99. The van der Waals surface area contributed by atoms with Crippen molar-refractivity contribution < 1.29 is 4.79 Å². The lowest BCUT2D eigenvalue weighted by molar-refractivity contribution is -0.139. The highest BCUT2D eigenvalue weighted by atomic mass is 32.2. The second-order valence-electron chi connectivity index (χ2n) is 8.48.